The third-order valence-corrected chi connectivity index (χ3v) is 4.03. The molecule has 0 spiro atoms. The van der Waals surface area contributed by atoms with E-state index in [2.05, 4.69) is 11.1 Å². The molecular formula is C20H18N2O3. The molecule has 1 amide bonds. The molecule has 3 aromatic rings. The minimum Gasteiger partial charge on any atom is -0.467 e. The molecule has 2 aromatic heterocycles. The van der Waals surface area contributed by atoms with E-state index >= 15 is 0 Å². The number of benzene rings is 1. The third kappa shape index (κ3) is 3.64. The molecule has 0 N–H and O–H groups in total. The summed E-state index contributed by atoms with van der Waals surface area (Å²) < 4.78 is 10.6. The van der Waals surface area contributed by atoms with Gasteiger partial charge >= 0.3 is 0 Å². The molecule has 1 aromatic carbocycles. The summed E-state index contributed by atoms with van der Waals surface area (Å²) >= 11 is 0. The first-order valence-corrected chi connectivity index (χ1v) is 7.89. The van der Waals surface area contributed by atoms with Crippen LogP contribution in [0.3, 0.4) is 0 Å². The smallest absolute Gasteiger partial charge is 0.232 e. The fourth-order valence-corrected chi connectivity index (χ4v) is 2.65. The monoisotopic (exact) mass is 334 g/mol. The molecule has 25 heavy (non-hydrogen) atoms. The quantitative estimate of drug-likeness (QED) is 0.668. The van der Waals surface area contributed by atoms with Gasteiger partial charge in [-0.05, 0) is 44.2 Å². The summed E-state index contributed by atoms with van der Waals surface area (Å²) in [7, 11) is 0. The molecule has 0 aliphatic carbocycles. The van der Waals surface area contributed by atoms with Crippen LogP contribution in [-0.2, 0) is 17.8 Å². The molecule has 126 valence electrons. The lowest BCUT2D eigenvalue weighted by Gasteiger charge is -2.22. The van der Waals surface area contributed by atoms with Crippen LogP contribution in [0.5, 0.6) is 0 Å². The largest absolute Gasteiger partial charge is 0.467 e. The highest BCUT2D eigenvalue weighted by Gasteiger charge is 2.21. The Bertz CT molecular complexity index is 897. The summed E-state index contributed by atoms with van der Waals surface area (Å²) in [6.45, 7) is 3.95. The van der Waals surface area contributed by atoms with Gasteiger partial charge in [0.25, 0.3) is 0 Å². The highest BCUT2D eigenvalue weighted by molar-refractivity contribution is 5.95. The average molecular weight is 334 g/mol. The molecule has 3 rings (SSSR count). The number of hydrogen-bond donors (Lipinski definition) is 0. The minimum atomic E-state index is -0.0834. The SMILES string of the molecule is C#Cc1cccc(N(Cc2ccco2)C(=O)Cc2c(C)noc2C)c1. The summed E-state index contributed by atoms with van der Waals surface area (Å²) in [6.07, 6.45) is 7.27. The number of carbonyl (C=O) groups excluding carboxylic acids is 1. The van der Waals surface area contributed by atoms with Gasteiger partial charge in [0.1, 0.15) is 11.5 Å². The lowest BCUT2D eigenvalue weighted by atomic mass is 10.1. The fourth-order valence-electron chi connectivity index (χ4n) is 2.65. The Balaban J connectivity index is 1.92. The molecular weight excluding hydrogens is 316 g/mol. The van der Waals surface area contributed by atoms with Crippen LogP contribution in [-0.4, -0.2) is 11.1 Å². The number of hydrogen-bond acceptors (Lipinski definition) is 4. The number of terminal acetylenes is 1. The minimum absolute atomic E-state index is 0.0834. The molecule has 0 atom stereocenters. The fraction of sp³-hybridized carbons (Fsp3) is 0.200. The first-order chi connectivity index (χ1) is 12.1. The van der Waals surface area contributed by atoms with E-state index < -0.39 is 0 Å². The summed E-state index contributed by atoms with van der Waals surface area (Å²) in [6, 6.07) is 11.0. The number of aromatic nitrogens is 1. The predicted octanol–water partition coefficient (Wildman–Crippen LogP) is 3.64. The third-order valence-electron chi connectivity index (χ3n) is 4.03. The van der Waals surface area contributed by atoms with Crippen LogP contribution in [0.15, 0.2) is 51.6 Å². The Morgan fingerprint density at radius 3 is 2.76 bits per heavy atom. The van der Waals surface area contributed by atoms with Gasteiger partial charge < -0.3 is 13.8 Å². The maximum Gasteiger partial charge on any atom is 0.232 e. The Morgan fingerprint density at radius 1 is 1.28 bits per heavy atom. The van der Waals surface area contributed by atoms with Crippen LogP contribution in [0.25, 0.3) is 0 Å². The number of carbonyl (C=O) groups is 1. The van der Waals surface area contributed by atoms with Crippen molar-refractivity contribution in [2.24, 2.45) is 0 Å². The van der Waals surface area contributed by atoms with Gasteiger partial charge in [0.2, 0.25) is 5.91 Å². The van der Waals surface area contributed by atoms with E-state index in [1.807, 2.05) is 37.3 Å². The molecule has 0 fully saturated rings. The standard InChI is InChI=1S/C20H18N2O3/c1-4-16-7-5-8-17(11-16)22(13-18-9-6-10-24-18)20(23)12-19-14(2)21-25-15(19)3/h1,5-11H,12-13H2,2-3H3. The van der Waals surface area contributed by atoms with Crippen molar-refractivity contribution in [2.75, 3.05) is 4.90 Å². The highest BCUT2D eigenvalue weighted by atomic mass is 16.5. The van der Waals surface area contributed by atoms with Crippen molar-refractivity contribution in [1.29, 1.82) is 0 Å². The second-order valence-corrected chi connectivity index (χ2v) is 5.73. The normalized spacial score (nSPS) is 10.4. The van der Waals surface area contributed by atoms with E-state index in [1.165, 1.54) is 0 Å². The van der Waals surface area contributed by atoms with Gasteiger partial charge in [-0.1, -0.05) is 17.1 Å². The van der Waals surface area contributed by atoms with Gasteiger partial charge in [-0.15, -0.1) is 6.42 Å². The van der Waals surface area contributed by atoms with Crippen molar-refractivity contribution in [1.82, 2.24) is 5.16 Å². The van der Waals surface area contributed by atoms with E-state index in [1.54, 1.807) is 24.2 Å². The summed E-state index contributed by atoms with van der Waals surface area (Å²) in [5.41, 5.74) is 2.97. The molecule has 0 aliphatic heterocycles. The zero-order valence-corrected chi connectivity index (χ0v) is 14.2. The molecule has 0 saturated heterocycles. The molecule has 5 heteroatoms. The van der Waals surface area contributed by atoms with Crippen molar-refractivity contribution in [2.45, 2.75) is 26.8 Å². The number of furan rings is 1. The number of anilines is 1. The molecule has 2 heterocycles. The number of amides is 1. The van der Waals surface area contributed by atoms with Crippen molar-refractivity contribution in [3.8, 4) is 12.3 Å². The molecule has 0 saturated carbocycles. The van der Waals surface area contributed by atoms with Crippen molar-refractivity contribution in [3.63, 3.8) is 0 Å². The van der Waals surface area contributed by atoms with Gasteiger partial charge in [0.05, 0.1) is 24.9 Å². The van der Waals surface area contributed by atoms with Crippen LogP contribution < -0.4 is 4.90 Å². The number of aryl methyl sites for hydroxylation is 2. The average Bonchev–Trinajstić information content (AvgIpc) is 3.25. The van der Waals surface area contributed by atoms with Crippen LogP contribution in [0.4, 0.5) is 5.69 Å². The number of rotatable bonds is 5. The van der Waals surface area contributed by atoms with Crippen LogP contribution in [0.1, 0.15) is 28.3 Å². The van der Waals surface area contributed by atoms with E-state index in [9.17, 15) is 4.79 Å². The maximum absolute atomic E-state index is 13.0. The zero-order valence-electron chi connectivity index (χ0n) is 14.2. The predicted molar refractivity (Wildman–Crippen MR) is 94.0 cm³/mol. The van der Waals surface area contributed by atoms with Crippen molar-refractivity contribution in [3.05, 3.63) is 71.0 Å². The molecule has 0 unspecified atom stereocenters. The summed E-state index contributed by atoms with van der Waals surface area (Å²) in [4.78, 5) is 14.7. The second kappa shape index (κ2) is 7.10. The Hall–Kier alpha value is -3.26. The molecule has 0 aliphatic rings. The van der Waals surface area contributed by atoms with Gasteiger partial charge in [-0.3, -0.25) is 4.79 Å². The van der Waals surface area contributed by atoms with Gasteiger partial charge in [0.15, 0.2) is 0 Å². The lowest BCUT2D eigenvalue weighted by molar-refractivity contribution is -0.118. The lowest BCUT2D eigenvalue weighted by Crippen LogP contribution is -2.32. The summed E-state index contributed by atoms with van der Waals surface area (Å²) in [5.74, 6) is 3.86. The van der Waals surface area contributed by atoms with Gasteiger partial charge in [-0.2, -0.15) is 0 Å². The Morgan fingerprint density at radius 2 is 2.12 bits per heavy atom. The molecule has 0 radical (unpaired) electrons. The van der Waals surface area contributed by atoms with E-state index in [0.717, 1.165) is 16.9 Å². The second-order valence-electron chi connectivity index (χ2n) is 5.73. The zero-order chi connectivity index (χ0) is 17.8. The van der Waals surface area contributed by atoms with E-state index in [0.29, 0.717) is 23.6 Å². The van der Waals surface area contributed by atoms with E-state index in [4.69, 9.17) is 15.4 Å². The molecule has 0 bridgehead atoms. The van der Waals surface area contributed by atoms with Crippen LogP contribution >= 0.6 is 0 Å². The molecule has 5 nitrogen and oxygen atoms in total. The van der Waals surface area contributed by atoms with Crippen LogP contribution in [0, 0.1) is 26.2 Å². The van der Waals surface area contributed by atoms with Crippen molar-refractivity contribution < 1.29 is 13.7 Å². The van der Waals surface area contributed by atoms with Crippen LogP contribution in [0.2, 0.25) is 0 Å². The number of nitrogens with zero attached hydrogens (tertiary/aromatic N) is 2. The van der Waals surface area contributed by atoms with Gasteiger partial charge in [0, 0.05) is 16.8 Å². The first-order valence-electron chi connectivity index (χ1n) is 7.89. The van der Waals surface area contributed by atoms with Gasteiger partial charge in [-0.25, -0.2) is 0 Å². The maximum atomic E-state index is 13.0. The topological polar surface area (TPSA) is 59.5 Å². The Labute approximate surface area is 146 Å². The summed E-state index contributed by atoms with van der Waals surface area (Å²) in [5, 5.41) is 3.91. The van der Waals surface area contributed by atoms with Crippen molar-refractivity contribution >= 4 is 11.6 Å². The Kier molecular flexibility index (Phi) is 4.71. The first kappa shape index (κ1) is 16.6. The van der Waals surface area contributed by atoms with E-state index in [-0.39, 0.29) is 12.3 Å². The highest BCUT2D eigenvalue weighted by Crippen LogP contribution is 2.22.